The van der Waals surface area contributed by atoms with E-state index in [9.17, 15) is 14.4 Å². The molecule has 3 aliphatic rings. The van der Waals surface area contributed by atoms with Gasteiger partial charge in [0.15, 0.2) is 11.5 Å². The van der Waals surface area contributed by atoms with E-state index in [4.69, 9.17) is 9.47 Å². The molecule has 2 aromatic rings. The van der Waals surface area contributed by atoms with Crippen molar-refractivity contribution in [3.63, 3.8) is 0 Å². The van der Waals surface area contributed by atoms with Crippen LogP contribution in [0.2, 0.25) is 0 Å². The number of esters is 1. The summed E-state index contributed by atoms with van der Waals surface area (Å²) in [6, 6.07) is 13.4. The number of fused-ring (bicyclic) bond motifs is 5. The third-order valence-electron chi connectivity index (χ3n) is 6.54. The number of anilines is 1. The lowest BCUT2D eigenvalue weighted by Crippen LogP contribution is -2.32. The number of imide groups is 1. The van der Waals surface area contributed by atoms with Gasteiger partial charge in [0, 0.05) is 0 Å². The van der Waals surface area contributed by atoms with Crippen LogP contribution in [0.25, 0.3) is 0 Å². The Hall–Kier alpha value is -3.15. The van der Waals surface area contributed by atoms with Gasteiger partial charge in [-0.15, -0.1) is 0 Å². The number of carbonyl (C=O) groups excluding carboxylic acids is 3. The van der Waals surface area contributed by atoms with Gasteiger partial charge < -0.3 is 9.47 Å². The molecule has 1 saturated heterocycles. The number of methoxy groups -OCH3 is 1. The van der Waals surface area contributed by atoms with Crippen LogP contribution in [0.15, 0.2) is 48.5 Å². The lowest BCUT2D eigenvalue weighted by molar-refractivity contribution is -0.123. The first-order chi connectivity index (χ1) is 14.1. The average Bonchev–Trinajstić information content (AvgIpc) is 3.42. The molecule has 2 saturated carbocycles. The van der Waals surface area contributed by atoms with Crippen molar-refractivity contribution >= 4 is 23.5 Å². The molecule has 5 rings (SSSR count). The molecule has 0 unspecified atom stereocenters. The number of hydrogen-bond donors (Lipinski definition) is 0. The van der Waals surface area contributed by atoms with Crippen LogP contribution in [0.5, 0.6) is 11.5 Å². The zero-order chi connectivity index (χ0) is 20.1. The number of rotatable bonds is 4. The first-order valence-electron chi connectivity index (χ1n) is 9.91. The molecule has 29 heavy (non-hydrogen) atoms. The maximum Gasteiger partial charge on any atom is 0.343 e. The number of hydrogen-bond acceptors (Lipinski definition) is 5. The summed E-state index contributed by atoms with van der Waals surface area (Å²) >= 11 is 0. The molecule has 2 aromatic carbocycles. The van der Waals surface area contributed by atoms with Crippen molar-refractivity contribution in [2.75, 3.05) is 12.0 Å². The summed E-state index contributed by atoms with van der Waals surface area (Å²) in [5, 5.41) is 0. The molecule has 2 amide bonds. The number of nitrogens with zero attached hydrogens (tertiary/aromatic N) is 1. The molecular formula is C23H21NO5. The van der Waals surface area contributed by atoms with Crippen LogP contribution in [0.4, 0.5) is 5.69 Å². The summed E-state index contributed by atoms with van der Waals surface area (Å²) < 4.78 is 10.7. The molecule has 6 nitrogen and oxygen atoms in total. The van der Waals surface area contributed by atoms with E-state index in [2.05, 4.69) is 0 Å². The number of benzene rings is 2. The zero-order valence-corrected chi connectivity index (χ0v) is 16.0. The zero-order valence-electron chi connectivity index (χ0n) is 16.0. The Morgan fingerprint density at radius 3 is 2.24 bits per heavy atom. The van der Waals surface area contributed by atoms with Crippen LogP contribution in [0, 0.1) is 23.7 Å². The standard InChI is InChI=1S/C23H21NO5/c1-28-17-7-2-3-8-18(17)29-23(27)15-5-4-6-16(12-15)24-21(25)19-13-9-10-14(11-13)20(19)22(24)26/h2-8,12-14,19-20H,9-11H2,1H3/t13-,14-,19-,20-/m0/s1. The second kappa shape index (κ2) is 6.72. The third-order valence-corrected chi connectivity index (χ3v) is 6.54. The summed E-state index contributed by atoms with van der Waals surface area (Å²) in [5.74, 6) is 0.210. The SMILES string of the molecule is COc1ccccc1OC(=O)c1cccc(N2C(=O)[C@H]3[C@H]4CC[C@@H](C4)[C@@H]3C2=O)c1. The van der Waals surface area contributed by atoms with Crippen LogP contribution in [-0.2, 0) is 9.59 Å². The fraction of sp³-hybridized carbons (Fsp3) is 0.348. The second-order valence-electron chi connectivity index (χ2n) is 7.99. The monoisotopic (exact) mass is 391 g/mol. The van der Waals surface area contributed by atoms with Crippen LogP contribution in [-0.4, -0.2) is 24.9 Å². The van der Waals surface area contributed by atoms with Gasteiger partial charge in [-0.25, -0.2) is 4.79 Å². The van der Waals surface area contributed by atoms with Gasteiger partial charge in [-0.05, 0) is 61.4 Å². The second-order valence-corrected chi connectivity index (χ2v) is 7.99. The van der Waals surface area contributed by atoms with Crippen LogP contribution in [0.3, 0.4) is 0 Å². The van der Waals surface area contributed by atoms with Crippen LogP contribution in [0.1, 0.15) is 29.6 Å². The molecular weight excluding hydrogens is 370 g/mol. The predicted octanol–water partition coefficient (Wildman–Crippen LogP) is 3.45. The van der Waals surface area contributed by atoms with Crippen molar-refractivity contribution in [1.29, 1.82) is 0 Å². The van der Waals surface area contributed by atoms with Gasteiger partial charge in [0.25, 0.3) is 0 Å². The summed E-state index contributed by atoms with van der Waals surface area (Å²) in [6.45, 7) is 0. The van der Waals surface area contributed by atoms with E-state index in [0.29, 0.717) is 29.0 Å². The summed E-state index contributed by atoms with van der Waals surface area (Å²) in [6.07, 6.45) is 3.06. The van der Waals surface area contributed by atoms with Crippen LogP contribution >= 0.6 is 0 Å². The molecule has 0 radical (unpaired) electrons. The molecule has 0 aromatic heterocycles. The summed E-state index contributed by atoms with van der Waals surface area (Å²) in [5.41, 5.74) is 0.706. The van der Waals surface area contributed by atoms with Crippen molar-refractivity contribution in [2.24, 2.45) is 23.7 Å². The van der Waals surface area contributed by atoms with Gasteiger partial charge in [0.05, 0.1) is 30.2 Å². The number of ether oxygens (including phenoxy) is 2. The molecule has 0 N–H and O–H groups in total. The Morgan fingerprint density at radius 2 is 1.59 bits per heavy atom. The van der Waals surface area contributed by atoms with E-state index in [1.807, 2.05) is 0 Å². The molecule has 1 heterocycles. The predicted molar refractivity (Wildman–Crippen MR) is 105 cm³/mol. The van der Waals surface area contributed by atoms with Crippen molar-refractivity contribution in [3.05, 3.63) is 54.1 Å². The van der Waals surface area contributed by atoms with E-state index in [1.165, 1.54) is 12.0 Å². The van der Waals surface area contributed by atoms with Gasteiger partial charge in [-0.2, -0.15) is 0 Å². The highest BCUT2D eigenvalue weighted by molar-refractivity contribution is 6.22. The van der Waals surface area contributed by atoms with E-state index >= 15 is 0 Å². The Bertz CT molecular complexity index is 988. The molecule has 2 aliphatic carbocycles. The lowest BCUT2D eigenvalue weighted by atomic mass is 9.81. The van der Waals surface area contributed by atoms with Crippen molar-refractivity contribution in [3.8, 4) is 11.5 Å². The van der Waals surface area contributed by atoms with E-state index in [1.54, 1.807) is 48.5 Å². The fourth-order valence-corrected chi connectivity index (χ4v) is 5.30. The number of para-hydroxylation sites is 2. The maximum atomic E-state index is 13.0. The first kappa shape index (κ1) is 17.9. The molecule has 0 spiro atoms. The normalized spacial score (nSPS) is 27.3. The van der Waals surface area contributed by atoms with Gasteiger partial charge in [-0.3, -0.25) is 14.5 Å². The number of amides is 2. The molecule has 148 valence electrons. The average molecular weight is 391 g/mol. The highest BCUT2D eigenvalue weighted by atomic mass is 16.6. The lowest BCUT2D eigenvalue weighted by Gasteiger charge is -2.19. The van der Waals surface area contributed by atoms with Crippen molar-refractivity contribution in [1.82, 2.24) is 0 Å². The third kappa shape index (κ3) is 2.74. The maximum absolute atomic E-state index is 13.0. The molecule has 2 bridgehead atoms. The van der Waals surface area contributed by atoms with E-state index in [-0.39, 0.29) is 29.2 Å². The minimum absolute atomic E-state index is 0.123. The van der Waals surface area contributed by atoms with Gasteiger partial charge >= 0.3 is 5.97 Å². The minimum atomic E-state index is -0.573. The van der Waals surface area contributed by atoms with Gasteiger partial charge in [-0.1, -0.05) is 18.2 Å². The van der Waals surface area contributed by atoms with Crippen molar-refractivity contribution in [2.45, 2.75) is 19.3 Å². The Kier molecular flexibility index (Phi) is 4.15. The van der Waals surface area contributed by atoms with E-state index < -0.39 is 5.97 Å². The Labute approximate surface area is 168 Å². The fourth-order valence-electron chi connectivity index (χ4n) is 5.30. The first-order valence-corrected chi connectivity index (χ1v) is 9.91. The minimum Gasteiger partial charge on any atom is -0.493 e. The smallest absolute Gasteiger partial charge is 0.343 e. The molecule has 6 heteroatoms. The van der Waals surface area contributed by atoms with Gasteiger partial charge in [0.2, 0.25) is 11.8 Å². The topological polar surface area (TPSA) is 72.9 Å². The Morgan fingerprint density at radius 1 is 0.931 bits per heavy atom. The summed E-state index contributed by atoms with van der Waals surface area (Å²) in [7, 11) is 1.50. The summed E-state index contributed by atoms with van der Waals surface area (Å²) in [4.78, 5) is 40.0. The van der Waals surface area contributed by atoms with Crippen molar-refractivity contribution < 1.29 is 23.9 Å². The number of carbonyl (C=O) groups is 3. The quantitative estimate of drug-likeness (QED) is 0.453. The molecule has 4 atom stereocenters. The molecule has 1 aliphatic heterocycles. The Balaban J connectivity index is 1.41. The highest BCUT2D eigenvalue weighted by Gasteiger charge is 2.61. The van der Waals surface area contributed by atoms with E-state index in [0.717, 1.165) is 19.3 Å². The largest absolute Gasteiger partial charge is 0.493 e. The molecule has 3 fully saturated rings. The van der Waals surface area contributed by atoms with Gasteiger partial charge in [0.1, 0.15) is 0 Å². The van der Waals surface area contributed by atoms with Crippen LogP contribution < -0.4 is 14.4 Å². The highest BCUT2D eigenvalue weighted by Crippen LogP contribution is 2.56.